The third-order valence-electron chi connectivity index (χ3n) is 1.47. The highest BCUT2D eigenvalue weighted by Gasteiger charge is 2.02. The maximum Gasteiger partial charge on any atom is 0.0624 e. The van der Waals surface area contributed by atoms with E-state index in [2.05, 4.69) is 15.9 Å². The summed E-state index contributed by atoms with van der Waals surface area (Å²) in [5, 5.41) is 8.74. The first-order valence-electron chi connectivity index (χ1n) is 3.36. The highest BCUT2D eigenvalue weighted by atomic mass is 79.9. The van der Waals surface area contributed by atoms with E-state index in [1.165, 1.54) is 0 Å². The molecular weight excluding hydrogens is 241 g/mol. The first kappa shape index (κ1) is 11.9. The summed E-state index contributed by atoms with van der Waals surface area (Å²) in [6.45, 7) is -0.0174. The number of benzene rings is 1. The Bertz CT molecular complexity index is 244. The standard InChI is InChI=1S/C8H10BrNO.ClH/c9-7-3-1-2-6(4-7)8(10)5-11;/h1-4,8,11H,5,10H2;1H/t8-;/m1./s1. The molecule has 0 aromatic heterocycles. The van der Waals surface area contributed by atoms with Crippen molar-refractivity contribution in [3.63, 3.8) is 0 Å². The smallest absolute Gasteiger partial charge is 0.0624 e. The molecule has 0 aliphatic carbocycles. The molecule has 1 rings (SSSR count). The fourth-order valence-electron chi connectivity index (χ4n) is 0.843. The quantitative estimate of drug-likeness (QED) is 0.844. The van der Waals surface area contributed by atoms with Crippen LogP contribution in [0.15, 0.2) is 28.7 Å². The van der Waals surface area contributed by atoms with E-state index in [1.807, 2.05) is 24.3 Å². The molecule has 1 atom stereocenters. The topological polar surface area (TPSA) is 46.2 Å². The van der Waals surface area contributed by atoms with E-state index < -0.39 is 0 Å². The average Bonchev–Trinajstić information content (AvgIpc) is 2.03. The molecule has 4 heteroatoms. The van der Waals surface area contributed by atoms with E-state index in [0.717, 1.165) is 10.0 Å². The molecule has 1 aromatic carbocycles. The van der Waals surface area contributed by atoms with Crippen molar-refractivity contribution >= 4 is 28.3 Å². The minimum absolute atomic E-state index is 0. The van der Waals surface area contributed by atoms with Gasteiger partial charge >= 0.3 is 0 Å². The van der Waals surface area contributed by atoms with E-state index in [0.29, 0.717) is 0 Å². The Morgan fingerprint density at radius 1 is 1.50 bits per heavy atom. The van der Waals surface area contributed by atoms with E-state index >= 15 is 0 Å². The molecule has 0 radical (unpaired) electrons. The van der Waals surface area contributed by atoms with Crippen LogP contribution in [0.25, 0.3) is 0 Å². The van der Waals surface area contributed by atoms with Gasteiger partial charge in [0.2, 0.25) is 0 Å². The number of halogens is 2. The molecule has 0 saturated carbocycles. The van der Waals surface area contributed by atoms with Crippen molar-refractivity contribution in [3.05, 3.63) is 34.3 Å². The summed E-state index contributed by atoms with van der Waals surface area (Å²) in [6.07, 6.45) is 0. The largest absolute Gasteiger partial charge is 0.394 e. The van der Waals surface area contributed by atoms with Crippen LogP contribution >= 0.6 is 28.3 Å². The molecule has 0 fully saturated rings. The molecule has 0 unspecified atom stereocenters. The summed E-state index contributed by atoms with van der Waals surface area (Å²) in [5.74, 6) is 0. The Labute approximate surface area is 86.3 Å². The van der Waals surface area contributed by atoms with Gasteiger partial charge in [-0.05, 0) is 17.7 Å². The molecule has 0 amide bonds. The SMILES string of the molecule is Cl.N[C@H](CO)c1cccc(Br)c1. The summed E-state index contributed by atoms with van der Waals surface area (Å²) >= 11 is 3.32. The van der Waals surface area contributed by atoms with Gasteiger partial charge in [-0.2, -0.15) is 0 Å². The zero-order valence-electron chi connectivity index (χ0n) is 6.40. The predicted octanol–water partition coefficient (Wildman–Crippen LogP) is 1.86. The van der Waals surface area contributed by atoms with E-state index in [-0.39, 0.29) is 25.1 Å². The molecule has 0 aliphatic rings. The van der Waals surface area contributed by atoms with Crippen LogP contribution in [-0.4, -0.2) is 11.7 Å². The lowest BCUT2D eigenvalue weighted by atomic mass is 10.1. The first-order valence-corrected chi connectivity index (χ1v) is 4.15. The Hall–Kier alpha value is -0.0900. The number of nitrogens with two attached hydrogens (primary N) is 1. The molecule has 1 aromatic rings. The number of rotatable bonds is 2. The maximum absolute atomic E-state index is 8.74. The number of hydrogen-bond acceptors (Lipinski definition) is 2. The molecule has 0 spiro atoms. The lowest BCUT2D eigenvalue weighted by Gasteiger charge is -2.07. The van der Waals surface area contributed by atoms with Crippen LogP contribution in [0.2, 0.25) is 0 Å². The Morgan fingerprint density at radius 2 is 2.17 bits per heavy atom. The van der Waals surface area contributed by atoms with Gasteiger partial charge in [0.1, 0.15) is 0 Å². The number of aliphatic hydroxyl groups excluding tert-OH is 1. The number of hydrogen-bond donors (Lipinski definition) is 2. The second-order valence-electron chi connectivity index (χ2n) is 2.34. The lowest BCUT2D eigenvalue weighted by Crippen LogP contribution is -2.14. The van der Waals surface area contributed by atoms with Crippen molar-refractivity contribution in [3.8, 4) is 0 Å². The van der Waals surface area contributed by atoms with Crippen molar-refractivity contribution in [1.29, 1.82) is 0 Å². The molecule has 2 nitrogen and oxygen atoms in total. The first-order chi connectivity index (χ1) is 5.24. The summed E-state index contributed by atoms with van der Waals surface area (Å²) < 4.78 is 0.985. The third kappa shape index (κ3) is 3.11. The second kappa shape index (κ2) is 5.54. The number of aliphatic hydroxyl groups is 1. The molecular formula is C8H11BrClNO. The molecule has 0 bridgehead atoms. The van der Waals surface area contributed by atoms with Gasteiger partial charge in [0, 0.05) is 4.47 Å². The maximum atomic E-state index is 8.74. The zero-order valence-corrected chi connectivity index (χ0v) is 8.81. The van der Waals surface area contributed by atoms with Crippen LogP contribution in [0.5, 0.6) is 0 Å². The minimum Gasteiger partial charge on any atom is -0.394 e. The summed E-state index contributed by atoms with van der Waals surface area (Å²) in [5.41, 5.74) is 6.54. The van der Waals surface area contributed by atoms with Crippen molar-refractivity contribution in [2.75, 3.05) is 6.61 Å². The van der Waals surface area contributed by atoms with Crippen LogP contribution in [0.4, 0.5) is 0 Å². The highest BCUT2D eigenvalue weighted by molar-refractivity contribution is 9.10. The van der Waals surface area contributed by atoms with Gasteiger partial charge < -0.3 is 10.8 Å². The van der Waals surface area contributed by atoms with Gasteiger partial charge in [0.05, 0.1) is 12.6 Å². The van der Waals surface area contributed by atoms with E-state index in [9.17, 15) is 0 Å². The van der Waals surface area contributed by atoms with E-state index in [1.54, 1.807) is 0 Å². The van der Waals surface area contributed by atoms with Gasteiger partial charge in [-0.25, -0.2) is 0 Å². The van der Waals surface area contributed by atoms with Crippen LogP contribution < -0.4 is 5.73 Å². The normalized spacial score (nSPS) is 11.9. The van der Waals surface area contributed by atoms with Crippen LogP contribution in [-0.2, 0) is 0 Å². The summed E-state index contributed by atoms with van der Waals surface area (Å²) in [6, 6.07) is 7.35. The molecule has 0 saturated heterocycles. The zero-order chi connectivity index (χ0) is 8.27. The van der Waals surface area contributed by atoms with Crippen LogP contribution in [0.1, 0.15) is 11.6 Å². The monoisotopic (exact) mass is 251 g/mol. The Morgan fingerprint density at radius 3 is 2.67 bits per heavy atom. The summed E-state index contributed by atoms with van der Waals surface area (Å²) in [4.78, 5) is 0. The third-order valence-corrected chi connectivity index (χ3v) is 1.97. The van der Waals surface area contributed by atoms with Gasteiger partial charge in [-0.1, -0.05) is 28.1 Å². The van der Waals surface area contributed by atoms with Crippen molar-refractivity contribution < 1.29 is 5.11 Å². The molecule has 0 heterocycles. The molecule has 12 heavy (non-hydrogen) atoms. The fourth-order valence-corrected chi connectivity index (χ4v) is 1.26. The van der Waals surface area contributed by atoms with Crippen molar-refractivity contribution in [1.82, 2.24) is 0 Å². The Balaban J connectivity index is 0.00000121. The predicted molar refractivity (Wildman–Crippen MR) is 55.4 cm³/mol. The minimum atomic E-state index is -0.271. The van der Waals surface area contributed by atoms with Gasteiger partial charge in [0.15, 0.2) is 0 Å². The highest BCUT2D eigenvalue weighted by Crippen LogP contribution is 2.15. The molecule has 0 aliphatic heterocycles. The second-order valence-corrected chi connectivity index (χ2v) is 3.26. The fraction of sp³-hybridized carbons (Fsp3) is 0.250. The van der Waals surface area contributed by atoms with Gasteiger partial charge in [-0.3, -0.25) is 0 Å². The van der Waals surface area contributed by atoms with Crippen molar-refractivity contribution in [2.45, 2.75) is 6.04 Å². The molecule has 68 valence electrons. The molecule has 3 N–H and O–H groups in total. The van der Waals surface area contributed by atoms with E-state index in [4.69, 9.17) is 10.8 Å². The van der Waals surface area contributed by atoms with Crippen LogP contribution in [0, 0.1) is 0 Å². The average molecular weight is 253 g/mol. The van der Waals surface area contributed by atoms with Crippen LogP contribution in [0.3, 0.4) is 0 Å². The van der Waals surface area contributed by atoms with Gasteiger partial charge in [-0.15, -0.1) is 12.4 Å². The lowest BCUT2D eigenvalue weighted by molar-refractivity contribution is 0.268. The Kier molecular flexibility index (Phi) is 5.50. The summed E-state index contributed by atoms with van der Waals surface area (Å²) in [7, 11) is 0. The van der Waals surface area contributed by atoms with Gasteiger partial charge in [0.25, 0.3) is 0 Å². The van der Waals surface area contributed by atoms with Crippen molar-refractivity contribution in [2.24, 2.45) is 5.73 Å².